The average molecular weight is 426 g/mol. The summed E-state index contributed by atoms with van der Waals surface area (Å²) >= 11 is 0. The summed E-state index contributed by atoms with van der Waals surface area (Å²) in [6.07, 6.45) is 3.22. The van der Waals surface area contributed by atoms with Crippen LogP contribution in [0.4, 0.5) is 8.78 Å². The number of nitrogens with two attached hydrogens (primary N) is 1. The molecule has 0 aliphatic rings. The number of aromatic nitrogens is 3. The van der Waals surface area contributed by atoms with Gasteiger partial charge in [-0.1, -0.05) is 12.1 Å². The van der Waals surface area contributed by atoms with Crippen LogP contribution in [0.25, 0.3) is 33.5 Å². The molecule has 0 radical (unpaired) electrons. The number of hydrogen-bond donors (Lipinski definition) is 2. The van der Waals surface area contributed by atoms with Crippen LogP contribution in [0.3, 0.4) is 0 Å². The summed E-state index contributed by atoms with van der Waals surface area (Å²) in [6, 6.07) is 11.0. The van der Waals surface area contributed by atoms with Crippen LogP contribution in [-0.2, 0) is 10.0 Å². The molecule has 0 spiro atoms. The number of H-pyrrole nitrogens is 1. The number of halogens is 2. The van der Waals surface area contributed by atoms with Crippen molar-refractivity contribution in [2.75, 3.05) is 0 Å². The minimum atomic E-state index is -3.90. The molecule has 2 aromatic carbocycles. The average Bonchev–Trinajstić information content (AvgIpc) is 3.09. The zero-order chi connectivity index (χ0) is 21.5. The molecule has 0 atom stereocenters. The van der Waals surface area contributed by atoms with E-state index in [-0.39, 0.29) is 16.0 Å². The quantitative estimate of drug-likeness (QED) is 0.514. The van der Waals surface area contributed by atoms with Crippen molar-refractivity contribution >= 4 is 10.0 Å². The van der Waals surface area contributed by atoms with Crippen LogP contribution in [0.15, 0.2) is 65.8 Å². The smallest absolute Gasteiger partial charge is 0.238 e. The van der Waals surface area contributed by atoms with E-state index in [9.17, 15) is 17.2 Å². The standard InChI is InChI=1S/C21H16F2N4O2S/c1-12-19(21(27-26-12)14-6-8-25-9-7-14)15-10-17(22)20(18(23)11-15)13-2-4-16(5-3-13)30(24,28)29/h2-11H,1H3,(H,26,27)(H2,24,28,29). The summed E-state index contributed by atoms with van der Waals surface area (Å²) < 4.78 is 52.7. The Bertz CT molecular complexity index is 1310. The molecule has 30 heavy (non-hydrogen) atoms. The van der Waals surface area contributed by atoms with Gasteiger partial charge in [-0.15, -0.1) is 0 Å². The van der Waals surface area contributed by atoms with Crippen molar-refractivity contribution in [2.45, 2.75) is 11.8 Å². The molecule has 152 valence electrons. The number of sulfonamides is 1. The molecule has 2 aromatic heterocycles. The number of hydrogen-bond acceptors (Lipinski definition) is 4. The summed E-state index contributed by atoms with van der Waals surface area (Å²) in [5.74, 6) is -1.57. The van der Waals surface area contributed by atoms with Gasteiger partial charge in [0.05, 0.1) is 10.5 Å². The van der Waals surface area contributed by atoms with E-state index in [2.05, 4.69) is 15.2 Å². The lowest BCUT2D eigenvalue weighted by molar-refractivity contribution is 0.590. The highest BCUT2D eigenvalue weighted by atomic mass is 32.2. The van der Waals surface area contributed by atoms with Gasteiger partial charge >= 0.3 is 0 Å². The fraction of sp³-hybridized carbons (Fsp3) is 0.0476. The van der Waals surface area contributed by atoms with E-state index in [1.807, 2.05) is 0 Å². The topological polar surface area (TPSA) is 102 Å². The first-order chi connectivity index (χ1) is 14.3. The molecular formula is C21H16F2N4O2S. The van der Waals surface area contributed by atoms with Crippen molar-refractivity contribution in [1.29, 1.82) is 0 Å². The maximum Gasteiger partial charge on any atom is 0.238 e. The second-order valence-electron chi connectivity index (χ2n) is 6.69. The van der Waals surface area contributed by atoms with Crippen molar-refractivity contribution < 1.29 is 17.2 Å². The number of rotatable bonds is 4. The van der Waals surface area contributed by atoms with E-state index in [0.717, 1.165) is 5.56 Å². The van der Waals surface area contributed by atoms with Crippen LogP contribution in [0.1, 0.15) is 5.69 Å². The molecule has 0 saturated heterocycles. The molecule has 0 unspecified atom stereocenters. The Labute approximate surface area is 171 Å². The zero-order valence-electron chi connectivity index (χ0n) is 15.7. The summed E-state index contributed by atoms with van der Waals surface area (Å²) in [5, 5.41) is 12.2. The van der Waals surface area contributed by atoms with Gasteiger partial charge in [-0.25, -0.2) is 22.3 Å². The third-order valence-electron chi connectivity index (χ3n) is 4.70. The molecule has 4 rings (SSSR count). The van der Waals surface area contributed by atoms with E-state index in [4.69, 9.17) is 5.14 Å². The Hall–Kier alpha value is -3.43. The van der Waals surface area contributed by atoms with Crippen LogP contribution < -0.4 is 5.14 Å². The molecule has 0 saturated carbocycles. The molecule has 0 fully saturated rings. The fourth-order valence-electron chi connectivity index (χ4n) is 3.31. The molecule has 4 aromatic rings. The predicted molar refractivity (Wildman–Crippen MR) is 109 cm³/mol. The van der Waals surface area contributed by atoms with Crippen LogP contribution in [-0.4, -0.2) is 23.6 Å². The largest absolute Gasteiger partial charge is 0.282 e. The summed E-state index contributed by atoms with van der Waals surface area (Å²) in [6.45, 7) is 1.77. The molecule has 2 heterocycles. The minimum Gasteiger partial charge on any atom is -0.282 e. The number of nitrogens with one attached hydrogen (secondary N) is 1. The lowest BCUT2D eigenvalue weighted by Crippen LogP contribution is -2.11. The third-order valence-corrected chi connectivity index (χ3v) is 5.63. The molecular weight excluding hydrogens is 410 g/mol. The lowest BCUT2D eigenvalue weighted by atomic mass is 9.96. The van der Waals surface area contributed by atoms with Gasteiger partial charge in [-0.2, -0.15) is 5.10 Å². The number of nitrogens with zero attached hydrogens (tertiary/aromatic N) is 2. The highest BCUT2D eigenvalue weighted by molar-refractivity contribution is 7.89. The number of pyridine rings is 1. The number of primary sulfonamides is 1. The summed E-state index contributed by atoms with van der Waals surface area (Å²) in [7, 11) is -3.90. The first kappa shape index (κ1) is 19.9. The van der Waals surface area contributed by atoms with Gasteiger partial charge in [0, 0.05) is 29.2 Å². The van der Waals surface area contributed by atoms with Gasteiger partial charge in [0.2, 0.25) is 10.0 Å². The molecule has 0 aliphatic heterocycles. The first-order valence-electron chi connectivity index (χ1n) is 8.83. The van der Waals surface area contributed by atoms with Gasteiger partial charge in [-0.3, -0.25) is 10.1 Å². The van der Waals surface area contributed by atoms with Crippen molar-refractivity contribution in [1.82, 2.24) is 15.2 Å². The number of aryl methyl sites for hydroxylation is 1. The van der Waals surface area contributed by atoms with E-state index in [1.165, 1.54) is 36.4 Å². The fourth-order valence-corrected chi connectivity index (χ4v) is 3.82. The van der Waals surface area contributed by atoms with Gasteiger partial charge in [0.1, 0.15) is 17.3 Å². The normalized spacial score (nSPS) is 11.6. The Morgan fingerprint density at radius 2 is 1.47 bits per heavy atom. The third kappa shape index (κ3) is 3.60. The van der Waals surface area contributed by atoms with Gasteiger partial charge in [0.25, 0.3) is 0 Å². The SMILES string of the molecule is Cc1[nH]nc(-c2ccncc2)c1-c1cc(F)c(-c2ccc(S(N)(=O)=O)cc2)c(F)c1. The lowest BCUT2D eigenvalue weighted by Gasteiger charge is -2.10. The molecule has 9 heteroatoms. The molecule has 0 aliphatic carbocycles. The first-order valence-corrected chi connectivity index (χ1v) is 10.4. The summed E-state index contributed by atoms with van der Waals surface area (Å²) in [5.41, 5.74) is 2.81. The van der Waals surface area contributed by atoms with E-state index < -0.39 is 21.7 Å². The molecule has 6 nitrogen and oxygen atoms in total. The monoisotopic (exact) mass is 426 g/mol. The maximum atomic E-state index is 15.0. The van der Waals surface area contributed by atoms with Gasteiger partial charge in [0.15, 0.2) is 0 Å². The van der Waals surface area contributed by atoms with Crippen LogP contribution in [0, 0.1) is 18.6 Å². The van der Waals surface area contributed by atoms with Crippen molar-refractivity contribution in [3.05, 3.63) is 78.3 Å². The predicted octanol–water partition coefficient (Wildman–Crippen LogP) is 4.04. The molecule has 3 N–H and O–H groups in total. The Balaban J connectivity index is 1.81. The van der Waals surface area contributed by atoms with Gasteiger partial charge < -0.3 is 0 Å². The van der Waals surface area contributed by atoms with Gasteiger partial charge in [-0.05, 0) is 54.4 Å². The van der Waals surface area contributed by atoms with E-state index in [0.29, 0.717) is 22.5 Å². The highest BCUT2D eigenvalue weighted by Gasteiger charge is 2.20. The zero-order valence-corrected chi connectivity index (χ0v) is 16.5. The Morgan fingerprint density at radius 1 is 0.867 bits per heavy atom. The van der Waals surface area contributed by atoms with Crippen LogP contribution in [0.5, 0.6) is 0 Å². The second kappa shape index (κ2) is 7.43. The van der Waals surface area contributed by atoms with E-state index in [1.54, 1.807) is 31.5 Å². The van der Waals surface area contributed by atoms with E-state index >= 15 is 0 Å². The molecule has 0 bridgehead atoms. The van der Waals surface area contributed by atoms with Crippen molar-refractivity contribution in [3.8, 4) is 33.5 Å². The van der Waals surface area contributed by atoms with Crippen molar-refractivity contribution in [2.24, 2.45) is 5.14 Å². The summed E-state index contributed by atoms with van der Waals surface area (Å²) in [4.78, 5) is 3.83. The van der Waals surface area contributed by atoms with Crippen LogP contribution >= 0.6 is 0 Å². The second-order valence-corrected chi connectivity index (χ2v) is 8.25. The molecule has 0 amide bonds. The van der Waals surface area contributed by atoms with Crippen molar-refractivity contribution in [3.63, 3.8) is 0 Å². The van der Waals surface area contributed by atoms with Crippen LogP contribution in [0.2, 0.25) is 0 Å². The number of aromatic amines is 1. The maximum absolute atomic E-state index is 15.0. The highest BCUT2D eigenvalue weighted by Crippen LogP contribution is 2.36. The minimum absolute atomic E-state index is 0.139. The Morgan fingerprint density at radius 3 is 2.03 bits per heavy atom. The Kier molecular flexibility index (Phi) is 4.92. The number of benzene rings is 2.